The van der Waals surface area contributed by atoms with Gasteiger partial charge in [0.05, 0.1) is 11.2 Å². The van der Waals surface area contributed by atoms with Gasteiger partial charge in [0, 0.05) is 25.1 Å². The molecule has 0 aromatic heterocycles. The Hall–Kier alpha value is -2.29. The van der Waals surface area contributed by atoms with Crippen LogP contribution >= 0.6 is 0 Å². The summed E-state index contributed by atoms with van der Waals surface area (Å²) < 4.78 is 53.5. The third kappa shape index (κ3) is 5.06. The number of ketones is 1. The Morgan fingerprint density at radius 2 is 1.70 bits per heavy atom. The highest BCUT2D eigenvalue weighted by molar-refractivity contribution is 5.99. The Kier molecular flexibility index (Phi) is 6.59. The fourth-order valence-electron chi connectivity index (χ4n) is 3.68. The largest absolute Gasteiger partial charge is 0.416 e. The van der Waals surface area contributed by atoms with Crippen LogP contribution in [0.25, 0.3) is 0 Å². The number of hydrogen-bond donors (Lipinski definition) is 2. The van der Waals surface area contributed by atoms with E-state index in [4.69, 9.17) is 0 Å². The summed E-state index contributed by atoms with van der Waals surface area (Å²) in [4.78, 5) is 13.6. The first-order chi connectivity index (χ1) is 14.1. The number of carbonyl (C=O) groups is 1. The van der Waals surface area contributed by atoms with E-state index in [1.807, 2.05) is 0 Å². The van der Waals surface area contributed by atoms with Gasteiger partial charge in [0.15, 0.2) is 12.1 Å². The summed E-state index contributed by atoms with van der Waals surface area (Å²) in [6.45, 7) is 0.167. The quantitative estimate of drug-likeness (QED) is 0.419. The van der Waals surface area contributed by atoms with Gasteiger partial charge in [-0.3, -0.25) is 9.69 Å². The summed E-state index contributed by atoms with van der Waals surface area (Å²) in [5.74, 6) is -0.573. The number of hydrogen-bond acceptors (Lipinski definition) is 4. The Balaban J connectivity index is 1.60. The zero-order valence-electron chi connectivity index (χ0n) is 16.1. The molecule has 2 N–H and O–H groups in total. The lowest BCUT2D eigenvalue weighted by Gasteiger charge is -2.40. The SMILES string of the molecule is O=C(c1ccccc1)C(O)CC(F)N1CCC(O)(c2cccc(C(F)(F)F)c2)CC1. The van der Waals surface area contributed by atoms with E-state index in [-0.39, 0.29) is 37.1 Å². The number of benzene rings is 2. The average Bonchev–Trinajstić information content (AvgIpc) is 2.73. The van der Waals surface area contributed by atoms with Gasteiger partial charge >= 0.3 is 6.18 Å². The predicted molar refractivity (Wildman–Crippen MR) is 102 cm³/mol. The highest BCUT2D eigenvalue weighted by Gasteiger charge is 2.39. The van der Waals surface area contributed by atoms with E-state index in [2.05, 4.69) is 0 Å². The minimum absolute atomic E-state index is 0.0391. The molecule has 2 unspecified atom stereocenters. The number of rotatable bonds is 6. The highest BCUT2D eigenvalue weighted by Crippen LogP contribution is 2.37. The molecule has 0 amide bonds. The molecule has 3 rings (SSSR count). The van der Waals surface area contributed by atoms with Crippen LogP contribution in [0.5, 0.6) is 0 Å². The number of nitrogens with zero attached hydrogens (tertiary/aromatic N) is 1. The minimum Gasteiger partial charge on any atom is -0.385 e. The van der Waals surface area contributed by atoms with Crippen molar-refractivity contribution in [1.29, 1.82) is 0 Å². The third-order valence-corrected chi connectivity index (χ3v) is 5.53. The van der Waals surface area contributed by atoms with Gasteiger partial charge in [-0.05, 0) is 30.5 Å². The van der Waals surface area contributed by atoms with Crippen LogP contribution in [-0.2, 0) is 11.8 Å². The van der Waals surface area contributed by atoms with Gasteiger partial charge in [-0.1, -0.05) is 42.5 Å². The van der Waals surface area contributed by atoms with E-state index in [0.29, 0.717) is 0 Å². The molecule has 2 aromatic carbocycles. The van der Waals surface area contributed by atoms with E-state index in [1.54, 1.807) is 18.2 Å². The maximum Gasteiger partial charge on any atom is 0.416 e. The molecule has 4 nitrogen and oxygen atoms in total. The van der Waals surface area contributed by atoms with Crippen LogP contribution in [0.1, 0.15) is 40.7 Å². The van der Waals surface area contributed by atoms with Crippen LogP contribution in [0.4, 0.5) is 17.6 Å². The van der Waals surface area contributed by atoms with Crippen molar-refractivity contribution >= 4 is 5.78 Å². The number of halogens is 4. The van der Waals surface area contributed by atoms with Crippen molar-refractivity contribution in [3.63, 3.8) is 0 Å². The lowest BCUT2D eigenvalue weighted by Crippen LogP contribution is -2.47. The molecule has 0 aliphatic carbocycles. The topological polar surface area (TPSA) is 60.8 Å². The van der Waals surface area contributed by atoms with Crippen molar-refractivity contribution in [2.24, 2.45) is 0 Å². The van der Waals surface area contributed by atoms with Crippen molar-refractivity contribution in [2.75, 3.05) is 13.1 Å². The molecule has 30 heavy (non-hydrogen) atoms. The number of alkyl halides is 4. The molecule has 1 aliphatic rings. The first-order valence-electron chi connectivity index (χ1n) is 9.66. The molecule has 1 fully saturated rings. The van der Waals surface area contributed by atoms with E-state index >= 15 is 0 Å². The molecule has 1 saturated heterocycles. The predicted octanol–water partition coefficient (Wildman–Crippen LogP) is 3.92. The second-order valence-electron chi connectivity index (χ2n) is 7.56. The summed E-state index contributed by atoms with van der Waals surface area (Å²) in [6, 6.07) is 12.6. The fourth-order valence-corrected chi connectivity index (χ4v) is 3.68. The summed E-state index contributed by atoms with van der Waals surface area (Å²) in [6.07, 6.45) is -7.98. The first-order valence-corrected chi connectivity index (χ1v) is 9.66. The van der Waals surface area contributed by atoms with Crippen molar-refractivity contribution < 1.29 is 32.6 Å². The van der Waals surface area contributed by atoms with Crippen LogP contribution in [0.3, 0.4) is 0 Å². The van der Waals surface area contributed by atoms with E-state index in [0.717, 1.165) is 12.1 Å². The fraction of sp³-hybridized carbons (Fsp3) is 0.409. The molecule has 2 aromatic rings. The molecule has 0 radical (unpaired) electrons. The Morgan fingerprint density at radius 1 is 1.07 bits per heavy atom. The summed E-state index contributed by atoms with van der Waals surface area (Å²) in [5.41, 5.74) is -1.90. The normalized spacial score (nSPS) is 19.3. The second kappa shape index (κ2) is 8.83. The number of piperidine rings is 1. The van der Waals surface area contributed by atoms with E-state index in [9.17, 15) is 32.6 Å². The van der Waals surface area contributed by atoms with Gasteiger partial charge < -0.3 is 10.2 Å². The molecular formula is C22H23F4NO3. The Bertz CT molecular complexity index is 864. The van der Waals surface area contributed by atoms with E-state index in [1.165, 1.54) is 29.2 Å². The van der Waals surface area contributed by atoms with Gasteiger partial charge in [0.2, 0.25) is 0 Å². The van der Waals surface area contributed by atoms with Crippen LogP contribution in [0.15, 0.2) is 54.6 Å². The number of Topliss-reactive ketones (excluding diaryl/α,β-unsaturated/α-hetero) is 1. The lowest BCUT2D eigenvalue weighted by atomic mass is 9.83. The smallest absolute Gasteiger partial charge is 0.385 e. The van der Waals surface area contributed by atoms with E-state index < -0.39 is 41.9 Å². The van der Waals surface area contributed by atoms with Gasteiger partial charge in [-0.2, -0.15) is 13.2 Å². The Morgan fingerprint density at radius 3 is 2.30 bits per heavy atom. The molecule has 0 saturated carbocycles. The summed E-state index contributed by atoms with van der Waals surface area (Å²) >= 11 is 0. The maximum absolute atomic E-state index is 14.7. The number of likely N-dealkylation sites (tertiary alicyclic amines) is 1. The zero-order valence-corrected chi connectivity index (χ0v) is 16.1. The second-order valence-corrected chi connectivity index (χ2v) is 7.56. The molecule has 162 valence electrons. The van der Waals surface area contributed by atoms with Crippen LogP contribution in [0.2, 0.25) is 0 Å². The van der Waals surface area contributed by atoms with Crippen molar-refractivity contribution in [3.05, 3.63) is 71.3 Å². The van der Waals surface area contributed by atoms with Crippen LogP contribution in [-0.4, -0.2) is 46.4 Å². The average molecular weight is 425 g/mol. The highest BCUT2D eigenvalue weighted by atomic mass is 19.4. The molecule has 1 heterocycles. The van der Waals surface area contributed by atoms with Gasteiger partial charge in [0.25, 0.3) is 0 Å². The standard InChI is InChI=1S/C22H23F4NO3/c23-19(14-18(28)20(29)15-5-2-1-3-6-15)27-11-9-21(30,10-12-27)16-7-4-8-17(13-16)22(24,25)26/h1-8,13,18-19,28,30H,9-12,14H2. The third-order valence-electron chi connectivity index (χ3n) is 5.53. The van der Waals surface area contributed by atoms with Crippen molar-refractivity contribution in [1.82, 2.24) is 4.90 Å². The van der Waals surface area contributed by atoms with Gasteiger partial charge in [0.1, 0.15) is 6.10 Å². The zero-order chi connectivity index (χ0) is 21.9. The number of aliphatic hydroxyl groups excluding tert-OH is 1. The monoisotopic (exact) mass is 425 g/mol. The molecule has 1 aliphatic heterocycles. The number of aliphatic hydroxyl groups is 2. The molecule has 0 spiro atoms. The van der Waals surface area contributed by atoms with Gasteiger partial charge in [-0.15, -0.1) is 0 Å². The summed E-state index contributed by atoms with van der Waals surface area (Å²) in [7, 11) is 0. The molecular weight excluding hydrogens is 402 g/mol. The van der Waals surface area contributed by atoms with Crippen molar-refractivity contribution in [3.8, 4) is 0 Å². The minimum atomic E-state index is -4.52. The molecule has 2 atom stereocenters. The van der Waals surface area contributed by atoms with Crippen molar-refractivity contribution in [2.45, 2.75) is 43.4 Å². The molecule has 0 bridgehead atoms. The maximum atomic E-state index is 14.7. The lowest BCUT2D eigenvalue weighted by molar-refractivity contribution is -0.137. The van der Waals surface area contributed by atoms with Crippen LogP contribution < -0.4 is 0 Å². The van der Waals surface area contributed by atoms with Gasteiger partial charge in [-0.25, -0.2) is 4.39 Å². The van der Waals surface area contributed by atoms with Crippen LogP contribution in [0, 0.1) is 0 Å². The molecule has 8 heteroatoms. The first kappa shape index (κ1) is 22.4. The number of carbonyl (C=O) groups excluding carboxylic acids is 1. The summed E-state index contributed by atoms with van der Waals surface area (Å²) in [5, 5.41) is 20.9. The Labute approximate surface area is 171 Å².